The Morgan fingerprint density at radius 1 is 1.25 bits per heavy atom. The zero-order chi connectivity index (χ0) is 16.9. The molecule has 2 N–H and O–H groups in total. The summed E-state index contributed by atoms with van der Waals surface area (Å²) in [7, 11) is 2.06. The lowest BCUT2D eigenvalue weighted by molar-refractivity contribution is 0.102. The van der Waals surface area contributed by atoms with Crippen molar-refractivity contribution in [3.05, 3.63) is 53.2 Å². The molecule has 6 heteroatoms. The molecule has 1 aromatic carbocycles. The van der Waals surface area contributed by atoms with Crippen LogP contribution in [0.5, 0.6) is 0 Å². The van der Waals surface area contributed by atoms with Gasteiger partial charge in [0.25, 0.3) is 5.91 Å². The van der Waals surface area contributed by atoms with Gasteiger partial charge in [-0.2, -0.15) is 0 Å². The molecule has 2 aromatic rings. The number of nitrogens with zero attached hydrogens (tertiary/aromatic N) is 2. The molecule has 1 aromatic heterocycles. The maximum absolute atomic E-state index is 12.7. The summed E-state index contributed by atoms with van der Waals surface area (Å²) >= 11 is 5.83. The maximum Gasteiger partial charge on any atom is 0.258 e. The molecule has 1 saturated heterocycles. The van der Waals surface area contributed by atoms with Crippen LogP contribution in [-0.4, -0.2) is 37.1 Å². The van der Waals surface area contributed by atoms with Crippen LogP contribution < -0.4 is 15.5 Å². The summed E-state index contributed by atoms with van der Waals surface area (Å²) in [6, 6.07) is 11.5. The molecule has 0 atom stereocenters. The van der Waals surface area contributed by atoms with E-state index < -0.39 is 0 Å². The highest BCUT2D eigenvalue weighted by molar-refractivity contribution is 6.30. The van der Waals surface area contributed by atoms with Gasteiger partial charge in [0, 0.05) is 25.0 Å². The number of carbonyl (C=O) groups excluding carboxylic acids is 1. The number of rotatable bonds is 4. The predicted molar refractivity (Wildman–Crippen MR) is 97.9 cm³/mol. The Bertz CT molecular complexity index is 698. The normalized spacial score (nSPS) is 15.1. The zero-order valence-corrected chi connectivity index (χ0v) is 14.4. The lowest BCUT2D eigenvalue weighted by Crippen LogP contribution is -2.41. The number of halogens is 1. The van der Waals surface area contributed by atoms with Gasteiger partial charge in [0.1, 0.15) is 5.82 Å². The van der Waals surface area contributed by atoms with E-state index in [1.165, 1.54) is 6.20 Å². The fourth-order valence-corrected chi connectivity index (χ4v) is 3.11. The highest BCUT2D eigenvalue weighted by Gasteiger charge is 2.22. The second-order valence-corrected chi connectivity index (χ2v) is 6.36. The SMILES string of the molecule is CN(c1ccccc1C(=O)Nc1ccc(Cl)cn1)C1CCNCC1. The van der Waals surface area contributed by atoms with E-state index >= 15 is 0 Å². The smallest absolute Gasteiger partial charge is 0.258 e. The molecular weight excluding hydrogens is 324 g/mol. The van der Waals surface area contributed by atoms with Crippen molar-refractivity contribution in [2.75, 3.05) is 30.4 Å². The Hall–Kier alpha value is -2.11. The van der Waals surface area contributed by atoms with Crippen molar-refractivity contribution in [2.24, 2.45) is 0 Å². The van der Waals surface area contributed by atoms with Gasteiger partial charge < -0.3 is 15.5 Å². The van der Waals surface area contributed by atoms with Gasteiger partial charge >= 0.3 is 0 Å². The summed E-state index contributed by atoms with van der Waals surface area (Å²) in [4.78, 5) is 19.0. The Morgan fingerprint density at radius 3 is 2.71 bits per heavy atom. The molecule has 1 amide bonds. The molecule has 0 radical (unpaired) electrons. The number of pyridine rings is 1. The number of hydrogen-bond donors (Lipinski definition) is 2. The third-order valence-electron chi connectivity index (χ3n) is 4.35. The first-order valence-electron chi connectivity index (χ1n) is 8.10. The number of amides is 1. The molecule has 2 heterocycles. The van der Waals surface area contributed by atoms with E-state index in [0.29, 0.717) is 22.4 Å². The van der Waals surface area contributed by atoms with Crippen molar-refractivity contribution < 1.29 is 4.79 Å². The standard InChI is InChI=1S/C18H21ClN4O/c1-23(14-8-10-20-11-9-14)16-5-3-2-4-15(16)18(24)22-17-7-6-13(19)12-21-17/h2-7,12,14,20H,8-11H2,1H3,(H,21,22,24). The van der Waals surface area contributed by atoms with Crippen LogP contribution in [0.15, 0.2) is 42.6 Å². The van der Waals surface area contributed by atoms with Crippen LogP contribution in [0.25, 0.3) is 0 Å². The number of piperidine rings is 1. The third kappa shape index (κ3) is 3.86. The first kappa shape index (κ1) is 16.7. The Kier molecular flexibility index (Phi) is 5.33. The molecule has 3 rings (SSSR count). The first-order valence-corrected chi connectivity index (χ1v) is 8.48. The predicted octanol–water partition coefficient (Wildman–Crippen LogP) is 3.18. The number of anilines is 2. The Morgan fingerprint density at radius 2 is 2.00 bits per heavy atom. The quantitative estimate of drug-likeness (QED) is 0.894. The molecule has 1 aliphatic heterocycles. The van der Waals surface area contributed by atoms with Crippen LogP contribution in [0.1, 0.15) is 23.2 Å². The lowest BCUT2D eigenvalue weighted by atomic mass is 10.0. The fourth-order valence-electron chi connectivity index (χ4n) is 3.00. The molecule has 0 unspecified atom stereocenters. The number of para-hydroxylation sites is 1. The van der Waals surface area contributed by atoms with E-state index in [9.17, 15) is 4.79 Å². The maximum atomic E-state index is 12.7. The van der Waals surface area contributed by atoms with Gasteiger partial charge in [-0.1, -0.05) is 23.7 Å². The number of carbonyl (C=O) groups is 1. The summed E-state index contributed by atoms with van der Waals surface area (Å²) < 4.78 is 0. The number of aromatic nitrogens is 1. The van der Waals surface area contributed by atoms with Crippen LogP contribution in [0, 0.1) is 0 Å². The molecule has 1 aliphatic rings. The monoisotopic (exact) mass is 344 g/mol. The minimum Gasteiger partial charge on any atom is -0.371 e. The summed E-state index contributed by atoms with van der Waals surface area (Å²) in [5, 5.41) is 6.75. The van der Waals surface area contributed by atoms with E-state index in [1.807, 2.05) is 24.3 Å². The summed E-state index contributed by atoms with van der Waals surface area (Å²) in [6.07, 6.45) is 3.67. The van der Waals surface area contributed by atoms with Gasteiger partial charge in [0.05, 0.1) is 10.6 Å². The van der Waals surface area contributed by atoms with Crippen molar-refractivity contribution in [1.29, 1.82) is 0 Å². The van der Waals surface area contributed by atoms with Crippen LogP contribution in [0.4, 0.5) is 11.5 Å². The van der Waals surface area contributed by atoms with Crippen molar-refractivity contribution in [3.8, 4) is 0 Å². The van der Waals surface area contributed by atoms with E-state index in [-0.39, 0.29) is 5.91 Å². The van der Waals surface area contributed by atoms with Crippen LogP contribution in [0.3, 0.4) is 0 Å². The van der Waals surface area contributed by atoms with Crippen molar-refractivity contribution in [1.82, 2.24) is 10.3 Å². The number of benzene rings is 1. The van der Waals surface area contributed by atoms with E-state index in [2.05, 4.69) is 27.6 Å². The summed E-state index contributed by atoms with van der Waals surface area (Å²) in [5.41, 5.74) is 1.59. The lowest BCUT2D eigenvalue weighted by Gasteiger charge is -2.34. The topological polar surface area (TPSA) is 57.3 Å². The van der Waals surface area contributed by atoms with Gasteiger partial charge in [-0.3, -0.25) is 4.79 Å². The summed E-state index contributed by atoms with van der Waals surface area (Å²) in [6.45, 7) is 2.02. The molecule has 1 fully saturated rings. The van der Waals surface area contributed by atoms with Gasteiger partial charge in [0.2, 0.25) is 0 Å². The van der Waals surface area contributed by atoms with Gasteiger partial charge in [-0.25, -0.2) is 4.98 Å². The highest BCUT2D eigenvalue weighted by atomic mass is 35.5. The van der Waals surface area contributed by atoms with Gasteiger partial charge in [-0.05, 0) is 50.2 Å². The van der Waals surface area contributed by atoms with Crippen LogP contribution in [-0.2, 0) is 0 Å². The number of nitrogens with one attached hydrogen (secondary N) is 2. The van der Waals surface area contributed by atoms with Gasteiger partial charge in [0.15, 0.2) is 0 Å². The molecule has 0 aliphatic carbocycles. The average Bonchev–Trinajstić information content (AvgIpc) is 2.63. The minimum atomic E-state index is -0.166. The third-order valence-corrected chi connectivity index (χ3v) is 4.58. The van der Waals surface area contributed by atoms with E-state index in [0.717, 1.165) is 31.6 Å². The molecular formula is C18H21ClN4O. The van der Waals surface area contributed by atoms with Crippen LogP contribution >= 0.6 is 11.6 Å². The molecule has 0 spiro atoms. The average molecular weight is 345 g/mol. The second-order valence-electron chi connectivity index (χ2n) is 5.93. The van der Waals surface area contributed by atoms with Crippen molar-refractivity contribution in [3.63, 3.8) is 0 Å². The van der Waals surface area contributed by atoms with Crippen LogP contribution in [0.2, 0.25) is 5.02 Å². The Labute approximate surface area is 147 Å². The molecule has 0 bridgehead atoms. The number of hydrogen-bond acceptors (Lipinski definition) is 4. The summed E-state index contributed by atoms with van der Waals surface area (Å²) in [5.74, 6) is 0.324. The molecule has 0 saturated carbocycles. The van der Waals surface area contributed by atoms with E-state index in [1.54, 1.807) is 12.1 Å². The zero-order valence-electron chi connectivity index (χ0n) is 13.6. The Balaban J connectivity index is 1.79. The first-order chi connectivity index (χ1) is 11.6. The van der Waals surface area contributed by atoms with Crippen molar-refractivity contribution in [2.45, 2.75) is 18.9 Å². The second kappa shape index (κ2) is 7.64. The minimum absolute atomic E-state index is 0.166. The molecule has 24 heavy (non-hydrogen) atoms. The van der Waals surface area contributed by atoms with Crippen molar-refractivity contribution >= 4 is 29.0 Å². The molecule has 5 nitrogen and oxygen atoms in total. The highest BCUT2D eigenvalue weighted by Crippen LogP contribution is 2.25. The van der Waals surface area contributed by atoms with E-state index in [4.69, 9.17) is 11.6 Å². The van der Waals surface area contributed by atoms with Gasteiger partial charge in [-0.15, -0.1) is 0 Å². The fraction of sp³-hybridized carbons (Fsp3) is 0.333. The molecule has 126 valence electrons. The largest absolute Gasteiger partial charge is 0.371 e.